The van der Waals surface area contributed by atoms with Crippen LogP contribution < -0.4 is 0 Å². The van der Waals surface area contributed by atoms with E-state index in [0.29, 0.717) is 0 Å². The highest BCUT2D eigenvalue weighted by molar-refractivity contribution is 5.92. The van der Waals surface area contributed by atoms with Crippen LogP contribution in [0.25, 0.3) is 0 Å². The smallest absolute Gasteiger partial charge is 0.317 e. The van der Waals surface area contributed by atoms with Gasteiger partial charge in [0.2, 0.25) is 0 Å². The Labute approximate surface area is 93.5 Å². The lowest BCUT2D eigenvalue weighted by Gasteiger charge is -2.14. The minimum atomic E-state index is -1.34. The van der Waals surface area contributed by atoms with Crippen LogP contribution >= 0.6 is 0 Å². The number of aliphatic carboxylic acids is 2. The summed E-state index contributed by atoms with van der Waals surface area (Å²) in [6.45, 7) is 1.83. The van der Waals surface area contributed by atoms with E-state index in [9.17, 15) is 9.59 Å². The zero-order chi connectivity index (χ0) is 12.1. The fraction of sp³-hybridized carbons (Fsp3) is 0.333. The van der Waals surface area contributed by atoms with Crippen LogP contribution in [0.5, 0.6) is 0 Å². The molecule has 0 radical (unpaired) electrons. The van der Waals surface area contributed by atoms with Crippen LogP contribution in [0.2, 0.25) is 0 Å². The average molecular weight is 222 g/mol. The summed E-state index contributed by atoms with van der Waals surface area (Å²) in [5.41, 5.74) is 0.954. The summed E-state index contributed by atoms with van der Waals surface area (Å²) < 4.78 is 0. The largest absolute Gasteiger partial charge is 0.481 e. The molecule has 0 aromatic heterocycles. The molecule has 86 valence electrons. The minimum Gasteiger partial charge on any atom is -0.481 e. The van der Waals surface area contributed by atoms with E-state index in [1.54, 1.807) is 0 Å². The minimum absolute atomic E-state index is 0.0848. The zero-order valence-corrected chi connectivity index (χ0v) is 8.96. The maximum atomic E-state index is 10.7. The number of carboxylic acid groups (broad SMARTS) is 2. The molecule has 16 heavy (non-hydrogen) atoms. The number of benzene rings is 1. The quantitative estimate of drug-likeness (QED) is 0.747. The van der Waals surface area contributed by atoms with Crippen LogP contribution in [0.15, 0.2) is 30.3 Å². The number of rotatable bonds is 5. The van der Waals surface area contributed by atoms with Gasteiger partial charge in [0.15, 0.2) is 5.92 Å². The summed E-state index contributed by atoms with van der Waals surface area (Å²) in [7, 11) is 0. The van der Waals surface area contributed by atoms with E-state index in [-0.39, 0.29) is 12.3 Å². The lowest BCUT2D eigenvalue weighted by molar-refractivity contribution is -0.154. The lowest BCUT2D eigenvalue weighted by Crippen LogP contribution is -2.24. The molecule has 0 aliphatic carbocycles. The first-order valence-corrected chi connectivity index (χ1v) is 5.03. The monoisotopic (exact) mass is 222 g/mol. The molecule has 1 aromatic rings. The molecule has 0 amide bonds. The Kier molecular flexibility index (Phi) is 4.05. The van der Waals surface area contributed by atoms with Crippen molar-refractivity contribution in [2.24, 2.45) is 5.92 Å². The molecule has 4 nitrogen and oxygen atoms in total. The SMILES string of the molecule is CC(CC(C(=O)O)C(=O)O)c1ccccc1. The molecule has 0 aliphatic rings. The van der Waals surface area contributed by atoms with Crippen molar-refractivity contribution >= 4 is 11.9 Å². The molecule has 1 aromatic carbocycles. The van der Waals surface area contributed by atoms with E-state index >= 15 is 0 Å². The first kappa shape index (κ1) is 12.2. The van der Waals surface area contributed by atoms with Crippen LogP contribution in [0, 0.1) is 5.92 Å². The van der Waals surface area contributed by atoms with Crippen LogP contribution in [0.1, 0.15) is 24.8 Å². The maximum absolute atomic E-state index is 10.7. The first-order valence-electron chi connectivity index (χ1n) is 5.03. The van der Waals surface area contributed by atoms with Gasteiger partial charge in [0.25, 0.3) is 0 Å². The van der Waals surface area contributed by atoms with Crippen molar-refractivity contribution in [1.82, 2.24) is 0 Å². The Morgan fingerprint density at radius 3 is 2.06 bits per heavy atom. The number of hydrogen-bond acceptors (Lipinski definition) is 2. The van der Waals surface area contributed by atoms with E-state index in [0.717, 1.165) is 5.56 Å². The predicted octanol–water partition coefficient (Wildman–Crippen LogP) is 1.97. The van der Waals surface area contributed by atoms with E-state index in [1.807, 2.05) is 37.3 Å². The van der Waals surface area contributed by atoms with Crippen LogP contribution in [0.4, 0.5) is 0 Å². The standard InChI is InChI=1S/C12H14O4/c1-8(9-5-3-2-4-6-9)7-10(11(13)14)12(15)16/h2-6,8,10H,7H2,1H3,(H,13,14)(H,15,16). The van der Waals surface area contributed by atoms with Gasteiger partial charge >= 0.3 is 11.9 Å². The summed E-state index contributed by atoms with van der Waals surface area (Å²) in [6, 6.07) is 9.30. The Morgan fingerprint density at radius 1 is 1.12 bits per heavy atom. The molecule has 4 heteroatoms. The van der Waals surface area contributed by atoms with Gasteiger partial charge in [-0.3, -0.25) is 9.59 Å². The van der Waals surface area contributed by atoms with Gasteiger partial charge in [-0.15, -0.1) is 0 Å². The van der Waals surface area contributed by atoms with E-state index in [2.05, 4.69) is 0 Å². The molecule has 1 atom stereocenters. The van der Waals surface area contributed by atoms with Crippen LogP contribution in [-0.2, 0) is 9.59 Å². The van der Waals surface area contributed by atoms with Crippen molar-refractivity contribution in [2.45, 2.75) is 19.3 Å². The highest BCUT2D eigenvalue weighted by Crippen LogP contribution is 2.23. The molecule has 2 N–H and O–H groups in total. The van der Waals surface area contributed by atoms with Crippen molar-refractivity contribution < 1.29 is 19.8 Å². The van der Waals surface area contributed by atoms with Crippen molar-refractivity contribution in [2.75, 3.05) is 0 Å². The Morgan fingerprint density at radius 2 is 1.62 bits per heavy atom. The van der Waals surface area contributed by atoms with Gasteiger partial charge < -0.3 is 10.2 Å². The summed E-state index contributed by atoms with van der Waals surface area (Å²) in [5.74, 6) is -3.99. The molecule has 0 fully saturated rings. The van der Waals surface area contributed by atoms with Gasteiger partial charge in [0.05, 0.1) is 0 Å². The van der Waals surface area contributed by atoms with Gasteiger partial charge in [-0.1, -0.05) is 37.3 Å². The number of hydrogen-bond donors (Lipinski definition) is 2. The van der Waals surface area contributed by atoms with Crippen LogP contribution in [-0.4, -0.2) is 22.2 Å². The fourth-order valence-corrected chi connectivity index (χ4v) is 1.58. The summed E-state index contributed by atoms with van der Waals surface area (Å²) >= 11 is 0. The first-order chi connectivity index (χ1) is 7.52. The molecule has 0 aliphatic heterocycles. The molecule has 1 unspecified atom stereocenters. The van der Waals surface area contributed by atoms with Gasteiger partial charge in [-0.05, 0) is 17.9 Å². The van der Waals surface area contributed by atoms with E-state index in [4.69, 9.17) is 10.2 Å². The number of carbonyl (C=O) groups is 2. The van der Waals surface area contributed by atoms with Crippen molar-refractivity contribution in [3.63, 3.8) is 0 Å². The molecular formula is C12H14O4. The third-order valence-electron chi connectivity index (χ3n) is 2.55. The van der Waals surface area contributed by atoms with Crippen molar-refractivity contribution in [1.29, 1.82) is 0 Å². The van der Waals surface area contributed by atoms with Gasteiger partial charge in [-0.25, -0.2) is 0 Å². The van der Waals surface area contributed by atoms with Gasteiger partial charge in [0, 0.05) is 0 Å². The molecular weight excluding hydrogens is 208 g/mol. The molecule has 0 saturated carbocycles. The second-order valence-electron chi connectivity index (χ2n) is 3.78. The zero-order valence-electron chi connectivity index (χ0n) is 8.96. The van der Waals surface area contributed by atoms with E-state index < -0.39 is 17.9 Å². The summed E-state index contributed by atoms with van der Waals surface area (Å²) in [6.07, 6.45) is 0.106. The van der Waals surface area contributed by atoms with Crippen molar-refractivity contribution in [3.05, 3.63) is 35.9 Å². The van der Waals surface area contributed by atoms with Gasteiger partial charge in [0.1, 0.15) is 0 Å². The molecule has 1 rings (SSSR count). The Hall–Kier alpha value is -1.84. The highest BCUT2D eigenvalue weighted by atomic mass is 16.4. The van der Waals surface area contributed by atoms with Crippen molar-refractivity contribution in [3.8, 4) is 0 Å². The van der Waals surface area contributed by atoms with Crippen LogP contribution in [0.3, 0.4) is 0 Å². The molecule has 0 spiro atoms. The molecule has 0 saturated heterocycles. The lowest BCUT2D eigenvalue weighted by atomic mass is 9.90. The highest BCUT2D eigenvalue weighted by Gasteiger charge is 2.27. The maximum Gasteiger partial charge on any atom is 0.317 e. The Balaban J connectivity index is 2.73. The topological polar surface area (TPSA) is 74.6 Å². The van der Waals surface area contributed by atoms with E-state index in [1.165, 1.54) is 0 Å². The third-order valence-corrected chi connectivity index (χ3v) is 2.55. The average Bonchev–Trinajstić information content (AvgIpc) is 2.25. The fourth-order valence-electron chi connectivity index (χ4n) is 1.58. The normalized spacial score (nSPS) is 12.4. The predicted molar refractivity (Wildman–Crippen MR) is 58.2 cm³/mol. The second-order valence-corrected chi connectivity index (χ2v) is 3.78. The second kappa shape index (κ2) is 5.30. The third kappa shape index (κ3) is 3.08. The molecule has 0 bridgehead atoms. The van der Waals surface area contributed by atoms with Gasteiger partial charge in [-0.2, -0.15) is 0 Å². The number of carboxylic acids is 2. The summed E-state index contributed by atoms with van der Waals surface area (Å²) in [4.78, 5) is 21.5. The Bertz CT molecular complexity index is 358. The summed E-state index contributed by atoms with van der Waals surface area (Å²) in [5, 5.41) is 17.5. The molecule has 0 heterocycles.